The number of ether oxygens (including phenoxy) is 1. The summed E-state index contributed by atoms with van der Waals surface area (Å²) in [5.41, 5.74) is 12.9. The summed E-state index contributed by atoms with van der Waals surface area (Å²) in [7, 11) is 2.12. The van der Waals surface area contributed by atoms with E-state index >= 15 is 0 Å². The molecular weight excluding hydrogens is 517 g/mol. The normalized spacial score (nSPS) is 17.3. The van der Waals surface area contributed by atoms with Crippen LogP contribution in [0.1, 0.15) is 36.9 Å². The van der Waals surface area contributed by atoms with Crippen LogP contribution in [0.5, 0.6) is 5.75 Å². The molecule has 41 heavy (non-hydrogen) atoms. The molecule has 8 nitrogen and oxygen atoms in total. The van der Waals surface area contributed by atoms with E-state index in [2.05, 4.69) is 74.0 Å². The molecule has 1 aliphatic carbocycles. The summed E-state index contributed by atoms with van der Waals surface area (Å²) in [6.07, 6.45) is 9.07. The number of benzene rings is 2. The number of para-hydroxylation sites is 1. The van der Waals surface area contributed by atoms with E-state index in [-0.39, 0.29) is 6.04 Å². The van der Waals surface area contributed by atoms with E-state index in [0.29, 0.717) is 19.1 Å². The molecule has 0 spiro atoms. The van der Waals surface area contributed by atoms with Crippen LogP contribution in [0.3, 0.4) is 0 Å². The number of aromatic nitrogens is 5. The molecule has 3 aromatic heterocycles. The average molecular weight is 556 g/mol. The van der Waals surface area contributed by atoms with Crippen molar-refractivity contribution in [2.75, 3.05) is 26.4 Å². The topological polar surface area (TPSA) is 79.1 Å². The van der Waals surface area contributed by atoms with E-state index in [1.54, 1.807) is 6.20 Å². The minimum Gasteiger partial charge on any atom is -0.489 e. The quantitative estimate of drug-likeness (QED) is 0.260. The summed E-state index contributed by atoms with van der Waals surface area (Å²) in [6, 6.07) is 12.9. The first kappa shape index (κ1) is 26.2. The third-order valence-electron chi connectivity index (χ3n) is 8.75. The Morgan fingerprint density at radius 3 is 2.83 bits per heavy atom. The number of hydrogen-bond acceptors (Lipinski definition) is 5. The maximum atomic E-state index is 13.0. The van der Waals surface area contributed by atoms with Gasteiger partial charge in [0.2, 0.25) is 0 Å². The Morgan fingerprint density at radius 2 is 2.05 bits per heavy atom. The lowest BCUT2D eigenvalue weighted by Gasteiger charge is -2.30. The van der Waals surface area contributed by atoms with E-state index < -0.39 is 12.7 Å². The van der Waals surface area contributed by atoms with Crippen molar-refractivity contribution in [1.82, 2.24) is 28.6 Å². The summed E-state index contributed by atoms with van der Waals surface area (Å²) in [5.74, 6) is 2.56. The molecule has 214 valence electrons. The Labute approximate surface area is 239 Å². The first-order valence-corrected chi connectivity index (χ1v) is 14.7. The van der Waals surface area contributed by atoms with Crippen LogP contribution in [-0.4, -0.2) is 61.0 Å². The zero-order valence-corrected chi connectivity index (χ0v) is 23.8. The van der Waals surface area contributed by atoms with Gasteiger partial charge in [-0.25, -0.2) is 14.4 Å². The molecule has 2 N–H and O–H groups in total. The number of halogens is 1. The van der Waals surface area contributed by atoms with Crippen LogP contribution in [-0.2, 0) is 26.6 Å². The van der Waals surface area contributed by atoms with Gasteiger partial charge in [-0.15, -0.1) is 0 Å². The van der Waals surface area contributed by atoms with Crippen LogP contribution in [0.2, 0.25) is 0 Å². The van der Waals surface area contributed by atoms with E-state index in [0.717, 1.165) is 59.9 Å². The Kier molecular flexibility index (Phi) is 6.79. The van der Waals surface area contributed by atoms with Crippen molar-refractivity contribution in [2.24, 2.45) is 18.7 Å². The van der Waals surface area contributed by atoms with Gasteiger partial charge >= 0.3 is 0 Å². The molecule has 2 aromatic carbocycles. The van der Waals surface area contributed by atoms with Gasteiger partial charge in [0.05, 0.1) is 34.6 Å². The molecule has 5 aromatic rings. The molecule has 1 saturated carbocycles. The largest absolute Gasteiger partial charge is 0.489 e. The van der Waals surface area contributed by atoms with Crippen molar-refractivity contribution in [3.8, 4) is 17.3 Å². The smallest absolute Gasteiger partial charge is 0.157 e. The highest BCUT2D eigenvalue weighted by Gasteiger charge is 2.27. The number of imidazole rings is 2. The minimum absolute atomic E-state index is 0.175. The summed E-state index contributed by atoms with van der Waals surface area (Å²) < 4.78 is 26.2. The predicted octanol–water partition coefficient (Wildman–Crippen LogP) is 5.10. The van der Waals surface area contributed by atoms with Crippen LogP contribution in [0.15, 0.2) is 55.1 Å². The van der Waals surface area contributed by atoms with E-state index in [9.17, 15) is 4.39 Å². The van der Waals surface area contributed by atoms with Crippen LogP contribution in [0.25, 0.3) is 33.5 Å². The molecule has 0 unspecified atom stereocenters. The first-order chi connectivity index (χ1) is 20.0. The molecule has 1 fully saturated rings. The highest BCUT2D eigenvalue weighted by molar-refractivity contribution is 5.92. The number of nitrogens with two attached hydrogens (primary N) is 1. The molecule has 0 radical (unpaired) electrons. The molecule has 1 aliphatic heterocycles. The summed E-state index contributed by atoms with van der Waals surface area (Å²) in [6.45, 7) is 5.43. The van der Waals surface area contributed by atoms with Crippen molar-refractivity contribution >= 4 is 21.9 Å². The van der Waals surface area contributed by atoms with E-state index in [1.165, 1.54) is 29.4 Å². The second-order valence-corrected chi connectivity index (χ2v) is 12.0. The fraction of sp³-hybridized carbons (Fsp3) is 0.438. The monoisotopic (exact) mass is 555 g/mol. The second kappa shape index (κ2) is 10.6. The maximum Gasteiger partial charge on any atom is 0.157 e. The zero-order valence-electron chi connectivity index (χ0n) is 23.8. The van der Waals surface area contributed by atoms with Gasteiger partial charge in [-0.2, -0.15) is 0 Å². The number of rotatable bonds is 10. The Bertz CT molecular complexity index is 1680. The van der Waals surface area contributed by atoms with Gasteiger partial charge in [-0.3, -0.25) is 4.90 Å². The standard InChI is InChI=1S/C32H38FN7O/c1-21(39-11-9-35-20-39)19-41-30-5-3-4-24-14-29(40(31(24)30)16-22-6-7-22)32-36-27-12-25-17-38(18-26(34)15-33)10-8-23(25)13-28(27)37(32)2/h3-5,9,11-14,20-22,26H,6-8,10,15-19,34H2,1-2H3/t21-,26+/m0/s1. The molecule has 0 amide bonds. The van der Waals surface area contributed by atoms with Crippen molar-refractivity contribution in [1.29, 1.82) is 0 Å². The molecule has 0 bridgehead atoms. The second-order valence-electron chi connectivity index (χ2n) is 12.0. The van der Waals surface area contributed by atoms with Crippen LogP contribution < -0.4 is 10.5 Å². The van der Waals surface area contributed by atoms with Gasteiger partial charge in [-0.1, -0.05) is 12.1 Å². The fourth-order valence-corrected chi connectivity index (χ4v) is 6.24. The molecule has 4 heterocycles. The van der Waals surface area contributed by atoms with Crippen LogP contribution in [0, 0.1) is 5.92 Å². The molecule has 2 aliphatic rings. The minimum atomic E-state index is -0.489. The SMILES string of the molecule is C[C@@H](COc1cccc2cc(-c3nc4cc5c(cc4n3C)CCN(C[C@H](N)CF)C5)n(CC3CC3)c12)n1ccnc1. The predicted molar refractivity (Wildman–Crippen MR) is 160 cm³/mol. The maximum absolute atomic E-state index is 13.0. The third kappa shape index (κ3) is 5.02. The van der Waals surface area contributed by atoms with Crippen LogP contribution in [0.4, 0.5) is 4.39 Å². The molecule has 7 rings (SSSR count). The number of hydrogen-bond donors (Lipinski definition) is 1. The van der Waals surface area contributed by atoms with Gasteiger partial charge < -0.3 is 24.2 Å². The lowest BCUT2D eigenvalue weighted by molar-refractivity contribution is 0.224. The number of aryl methyl sites for hydroxylation is 1. The van der Waals surface area contributed by atoms with E-state index in [4.69, 9.17) is 15.5 Å². The zero-order chi connectivity index (χ0) is 28.1. The highest BCUT2D eigenvalue weighted by Crippen LogP contribution is 2.39. The molecular formula is C32H38FN7O. The first-order valence-electron chi connectivity index (χ1n) is 14.7. The number of fused-ring (bicyclic) bond motifs is 3. The van der Waals surface area contributed by atoms with Crippen molar-refractivity contribution in [2.45, 2.75) is 51.4 Å². The lowest BCUT2D eigenvalue weighted by atomic mass is 9.98. The van der Waals surface area contributed by atoms with Crippen molar-refractivity contribution in [3.63, 3.8) is 0 Å². The van der Waals surface area contributed by atoms with Gasteiger partial charge in [0.25, 0.3) is 0 Å². The van der Waals surface area contributed by atoms with Gasteiger partial charge in [-0.05, 0) is 67.5 Å². The molecule has 0 saturated heterocycles. The average Bonchev–Trinajstić information content (AvgIpc) is 3.35. The molecule has 9 heteroatoms. The molecule has 2 atom stereocenters. The Hall–Kier alpha value is -3.69. The van der Waals surface area contributed by atoms with E-state index in [1.807, 2.05) is 12.5 Å². The van der Waals surface area contributed by atoms with Crippen LogP contribution >= 0.6 is 0 Å². The highest BCUT2D eigenvalue weighted by atomic mass is 19.1. The summed E-state index contributed by atoms with van der Waals surface area (Å²) in [4.78, 5) is 11.6. The Balaban J connectivity index is 1.26. The van der Waals surface area contributed by atoms with Gasteiger partial charge in [0, 0.05) is 57.0 Å². The van der Waals surface area contributed by atoms with Crippen molar-refractivity contribution in [3.05, 3.63) is 66.2 Å². The summed E-state index contributed by atoms with van der Waals surface area (Å²) >= 11 is 0. The summed E-state index contributed by atoms with van der Waals surface area (Å²) in [5, 5.41) is 1.17. The lowest BCUT2D eigenvalue weighted by Crippen LogP contribution is -2.41. The fourth-order valence-electron chi connectivity index (χ4n) is 6.24. The third-order valence-corrected chi connectivity index (χ3v) is 8.75. The van der Waals surface area contributed by atoms with Gasteiger partial charge in [0.1, 0.15) is 19.0 Å². The Morgan fingerprint density at radius 1 is 1.17 bits per heavy atom. The number of alkyl halides is 1. The number of nitrogens with zero attached hydrogens (tertiary/aromatic N) is 6. The van der Waals surface area contributed by atoms with Crippen molar-refractivity contribution < 1.29 is 9.13 Å². The van der Waals surface area contributed by atoms with Gasteiger partial charge in [0.15, 0.2) is 5.82 Å².